The van der Waals surface area contributed by atoms with Gasteiger partial charge in [-0.15, -0.1) is 0 Å². The number of Topliss-reactive ketones (excluding diaryl/α,β-unsaturated/α-hetero) is 1. The van der Waals surface area contributed by atoms with Gasteiger partial charge in [0, 0.05) is 24.4 Å². The molecule has 0 saturated carbocycles. The van der Waals surface area contributed by atoms with Crippen LogP contribution >= 0.6 is 0 Å². The van der Waals surface area contributed by atoms with Crippen LogP contribution in [0.1, 0.15) is 44.2 Å². The molecule has 2 fully saturated rings. The van der Waals surface area contributed by atoms with E-state index in [9.17, 15) is 4.79 Å². The Bertz CT molecular complexity index is 428. The highest BCUT2D eigenvalue weighted by Crippen LogP contribution is 2.39. The molecule has 18 heavy (non-hydrogen) atoms. The SMILES string of the molecule is C[C@H]1C(=O)C[C@@H](c2ccccc2)N2CCCC[C@@H]12. The third kappa shape index (κ3) is 1.99. The molecule has 2 nitrogen and oxygen atoms in total. The van der Waals surface area contributed by atoms with Crippen molar-refractivity contribution in [3.63, 3.8) is 0 Å². The number of piperidine rings is 2. The number of carbonyl (C=O) groups is 1. The van der Waals surface area contributed by atoms with Crippen molar-refractivity contribution in [2.75, 3.05) is 6.54 Å². The Kier molecular flexibility index (Phi) is 3.21. The minimum absolute atomic E-state index is 0.227. The molecule has 0 amide bonds. The molecule has 96 valence electrons. The highest BCUT2D eigenvalue weighted by atomic mass is 16.1. The molecule has 2 aliphatic heterocycles. The van der Waals surface area contributed by atoms with Crippen LogP contribution in [0.15, 0.2) is 30.3 Å². The highest BCUT2D eigenvalue weighted by Gasteiger charge is 2.41. The first-order chi connectivity index (χ1) is 8.77. The monoisotopic (exact) mass is 243 g/mol. The van der Waals surface area contributed by atoms with Crippen LogP contribution in [0.2, 0.25) is 0 Å². The van der Waals surface area contributed by atoms with E-state index in [1.165, 1.54) is 24.8 Å². The molecular formula is C16H21NO. The minimum atomic E-state index is 0.227. The van der Waals surface area contributed by atoms with E-state index in [4.69, 9.17) is 0 Å². The van der Waals surface area contributed by atoms with Gasteiger partial charge >= 0.3 is 0 Å². The number of fused-ring (bicyclic) bond motifs is 1. The van der Waals surface area contributed by atoms with Crippen molar-refractivity contribution < 1.29 is 4.79 Å². The summed E-state index contributed by atoms with van der Waals surface area (Å²) < 4.78 is 0. The van der Waals surface area contributed by atoms with Crippen molar-refractivity contribution in [2.24, 2.45) is 5.92 Å². The lowest BCUT2D eigenvalue weighted by Crippen LogP contribution is -2.52. The van der Waals surface area contributed by atoms with Crippen LogP contribution < -0.4 is 0 Å². The second-order valence-corrected chi connectivity index (χ2v) is 5.69. The van der Waals surface area contributed by atoms with E-state index < -0.39 is 0 Å². The van der Waals surface area contributed by atoms with Gasteiger partial charge in [-0.25, -0.2) is 0 Å². The molecule has 1 aromatic rings. The van der Waals surface area contributed by atoms with Gasteiger partial charge in [0.1, 0.15) is 5.78 Å². The Morgan fingerprint density at radius 3 is 2.72 bits per heavy atom. The summed E-state index contributed by atoms with van der Waals surface area (Å²) in [5.74, 6) is 0.678. The standard InChI is InChI=1S/C16H21NO/c1-12-14-9-5-6-10-17(14)15(11-16(12)18)13-7-3-2-4-8-13/h2-4,7-8,12,14-15H,5-6,9-11H2,1H3/t12-,14+,15+/m1/s1. The van der Waals surface area contributed by atoms with Crippen molar-refractivity contribution in [2.45, 2.75) is 44.7 Å². The normalized spacial score (nSPS) is 33.2. The lowest BCUT2D eigenvalue weighted by Gasteiger charge is -2.47. The lowest BCUT2D eigenvalue weighted by atomic mass is 9.79. The predicted molar refractivity (Wildman–Crippen MR) is 72.3 cm³/mol. The quantitative estimate of drug-likeness (QED) is 0.755. The van der Waals surface area contributed by atoms with Crippen LogP contribution in [0.25, 0.3) is 0 Å². The van der Waals surface area contributed by atoms with Crippen LogP contribution in [-0.4, -0.2) is 23.3 Å². The van der Waals surface area contributed by atoms with E-state index in [2.05, 4.69) is 36.1 Å². The van der Waals surface area contributed by atoms with Crippen molar-refractivity contribution in [3.8, 4) is 0 Å². The third-order valence-electron chi connectivity index (χ3n) is 4.66. The molecule has 2 aliphatic rings. The van der Waals surface area contributed by atoms with Crippen LogP contribution in [0.5, 0.6) is 0 Å². The second kappa shape index (κ2) is 4.85. The average Bonchev–Trinajstić information content (AvgIpc) is 2.44. The van der Waals surface area contributed by atoms with Crippen molar-refractivity contribution in [3.05, 3.63) is 35.9 Å². The summed E-state index contributed by atoms with van der Waals surface area (Å²) in [4.78, 5) is 14.8. The maximum atomic E-state index is 12.2. The molecule has 0 spiro atoms. The van der Waals surface area contributed by atoms with Gasteiger partial charge in [-0.1, -0.05) is 43.7 Å². The first-order valence-electron chi connectivity index (χ1n) is 7.11. The van der Waals surface area contributed by atoms with Crippen LogP contribution in [0, 0.1) is 5.92 Å². The van der Waals surface area contributed by atoms with Gasteiger partial charge in [0.05, 0.1) is 0 Å². The van der Waals surface area contributed by atoms with Gasteiger partial charge in [0.2, 0.25) is 0 Å². The number of nitrogens with zero attached hydrogens (tertiary/aromatic N) is 1. The zero-order chi connectivity index (χ0) is 12.5. The molecule has 1 aromatic carbocycles. The number of hydrogen-bond acceptors (Lipinski definition) is 2. The summed E-state index contributed by atoms with van der Waals surface area (Å²) in [7, 11) is 0. The van der Waals surface area contributed by atoms with Gasteiger partial charge in [0.25, 0.3) is 0 Å². The number of rotatable bonds is 1. The Labute approximate surface area is 109 Å². The summed E-state index contributed by atoms with van der Waals surface area (Å²) in [5, 5.41) is 0. The molecule has 2 heterocycles. The zero-order valence-electron chi connectivity index (χ0n) is 11.0. The summed E-state index contributed by atoms with van der Waals surface area (Å²) in [5.41, 5.74) is 1.31. The van der Waals surface area contributed by atoms with Crippen LogP contribution in [0.4, 0.5) is 0 Å². The first-order valence-corrected chi connectivity index (χ1v) is 7.11. The number of hydrogen-bond donors (Lipinski definition) is 0. The van der Waals surface area contributed by atoms with E-state index in [0.29, 0.717) is 24.3 Å². The number of ketones is 1. The molecular weight excluding hydrogens is 222 g/mol. The molecule has 0 aromatic heterocycles. The van der Waals surface area contributed by atoms with Crippen molar-refractivity contribution >= 4 is 5.78 Å². The Hall–Kier alpha value is -1.15. The molecule has 0 aliphatic carbocycles. The summed E-state index contributed by atoms with van der Waals surface area (Å²) in [6, 6.07) is 11.3. The van der Waals surface area contributed by atoms with Gasteiger partial charge in [-0.3, -0.25) is 9.69 Å². The first kappa shape index (κ1) is 11.9. The van der Waals surface area contributed by atoms with E-state index in [1.807, 2.05) is 6.07 Å². The van der Waals surface area contributed by atoms with E-state index in [0.717, 1.165) is 6.54 Å². The van der Waals surface area contributed by atoms with Crippen LogP contribution in [0.3, 0.4) is 0 Å². The Morgan fingerprint density at radius 2 is 1.94 bits per heavy atom. The van der Waals surface area contributed by atoms with Crippen molar-refractivity contribution in [1.29, 1.82) is 0 Å². The van der Waals surface area contributed by atoms with Gasteiger partial charge < -0.3 is 0 Å². The predicted octanol–water partition coefficient (Wildman–Crippen LogP) is 3.19. The number of carbonyl (C=O) groups excluding carboxylic acids is 1. The zero-order valence-corrected chi connectivity index (χ0v) is 11.0. The smallest absolute Gasteiger partial charge is 0.139 e. The summed E-state index contributed by atoms with van der Waals surface area (Å²) in [6.07, 6.45) is 4.44. The van der Waals surface area contributed by atoms with Crippen molar-refractivity contribution in [1.82, 2.24) is 4.90 Å². The average molecular weight is 243 g/mol. The fourth-order valence-electron chi connectivity index (χ4n) is 3.60. The molecule has 2 saturated heterocycles. The maximum Gasteiger partial charge on any atom is 0.139 e. The Balaban J connectivity index is 1.91. The van der Waals surface area contributed by atoms with E-state index in [1.54, 1.807) is 0 Å². The lowest BCUT2D eigenvalue weighted by molar-refractivity contribution is -0.132. The largest absolute Gasteiger partial charge is 0.299 e. The molecule has 3 rings (SSSR count). The highest BCUT2D eigenvalue weighted by molar-refractivity contribution is 5.83. The molecule has 0 bridgehead atoms. The maximum absolute atomic E-state index is 12.2. The Morgan fingerprint density at radius 1 is 1.17 bits per heavy atom. The van der Waals surface area contributed by atoms with Gasteiger partial charge in [0.15, 0.2) is 0 Å². The minimum Gasteiger partial charge on any atom is -0.299 e. The second-order valence-electron chi connectivity index (χ2n) is 5.69. The molecule has 0 N–H and O–H groups in total. The summed E-state index contributed by atoms with van der Waals surface area (Å²) >= 11 is 0. The molecule has 0 radical (unpaired) electrons. The molecule has 2 heteroatoms. The van der Waals surface area contributed by atoms with Gasteiger partial charge in [-0.2, -0.15) is 0 Å². The van der Waals surface area contributed by atoms with E-state index in [-0.39, 0.29) is 5.92 Å². The molecule has 3 atom stereocenters. The number of benzene rings is 1. The third-order valence-corrected chi connectivity index (χ3v) is 4.66. The van der Waals surface area contributed by atoms with E-state index >= 15 is 0 Å². The van der Waals surface area contributed by atoms with Crippen LogP contribution in [-0.2, 0) is 4.79 Å². The fraction of sp³-hybridized carbons (Fsp3) is 0.562. The topological polar surface area (TPSA) is 20.3 Å². The molecule has 0 unspecified atom stereocenters. The summed E-state index contributed by atoms with van der Waals surface area (Å²) in [6.45, 7) is 3.27. The fourth-order valence-corrected chi connectivity index (χ4v) is 3.60. The van der Waals surface area contributed by atoms with Gasteiger partial charge in [-0.05, 0) is 24.9 Å².